The summed E-state index contributed by atoms with van der Waals surface area (Å²) in [5, 5.41) is 11.3. The standard InChI is InChI=1S/C16H16FN5O2S/c1-10-13(6-8-24-10)15-20-21-16(22(15)18)25-9-7-14(23)19-12-4-2-11(17)3-5-12/h2-6,8H,7,9,18H2,1H3,(H,19,23). The highest BCUT2D eigenvalue weighted by Crippen LogP contribution is 2.25. The summed E-state index contributed by atoms with van der Waals surface area (Å²) >= 11 is 1.33. The zero-order chi connectivity index (χ0) is 17.8. The number of rotatable bonds is 6. The number of amides is 1. The lowest BCUT2D eigenvalue weighted by Gasteiger charge is -2.05. The number of nitrogens with one attached hydrogen (secondary N) is 1. The molecule has 0 aliphatic carbocycles. The normalized spacial score (nSPS) is 10.8. The number of aromatic nitrogens is 3. The second-order valence-electron chi connectivity index (χ2n) is 5.22. The molecule has 1 amide bonds. The van der Waals surface area contributed by atoms with Crippen LogP contribution in [0.15, 0.2) is 46.2 Å². The minimum absolute atomic E-state index is 0.173. The molecular formula is C16H16FN5O2S. The van der Waals surface area contributed by atoms with E-state index in [4.69, 9.17) is 10.3 Å². The van der Waals surface area contributed by atoms with Crippen LogP contribution in [0.2, 0.25) is 0 Å². The number of benzene rings is 1. The van der Waals surface area contributed by atoms with E-state index in [1.165, 1.54) is 40.7 Å². The van der Waals surface area contributed by atoms with Gasteiger partial charge in [-0.2, -0.15) is 0 Å². The summed E-state index contributed by atoms with van der Waals surface area (Å²) in [5.41, 5.74) is 1.33. The van der Waals surface area contributed by atoms with Gasteiger partial charge in [-0.3, -0.25) is 4.79 Å². The van der Waals surface area contributed by atoms with Crippen LogP contribution in [0.4, 0.5) is 10.1 Å². The van der Waals surface area contributed by atoms with Crippen LogP contribution in [0.1, 0.15) is 12.2 Å². The zero-order valence-corrected chi connectivity index (χ0v) is 14.2. The van der Waals surface area contributed by atoms with Crippen molar-refractivity contribution in [1.29, 1.82) is 0 Å². The number of nitrogens with two attached hydrogens (primary N) is 1. The number of furan rings is 1. The van der Waals surface area contributed by atoms with Crippen molar-refractivity contribution in [3.05, 3.63) is 48.2 Å². The van der Waals surface area contributed by atoms with Crippen LogP contribution >= 0.6 is 11.8 Å². The second kappa shape index (κ2) is 7.39. The molecule has 0 unspecified atom stereocenters. The highest BCUT2D eigenvalue weighted by molar-refractivity contribution is 7.99. The van der Waals surface area contributed by atoms with Crippen LogP contribution < -0.4 is 11.2 Å². The van der Waals surface area contributed by atoms with Gasteiger partial charge in [0, 0.05) is 17.9 Å². The number of carbonyl (C=O) groups excluding carboxylic acids is 1. The van der Waals surface area contributed by atoms with Crippen molar-refractivity contribution >= 4 is 23.4 Å². The Morgan fingerprint density at radius 1 is 1.32 bits per heavy atom. The predicted octanol–water partition coefficient (Wildman–Crippen LogP) is 2.82. The largest absolute Gasteiger partial charge is 0.469 e. The molecule has 0 fully saturated rings. The van der Waals surface area contributed by atoms with E-state index in [0.717, 1.165) is 5.56 Å². The molecule has 130 valence electrons. The van der Waals surface area contributed by atoms with Gasteiger partial charge in [0.05, 0.1) is 11.8 Å². The number of anilines is 1. The summed E-state index contributed by atoms with van der Waals surface area (Å²) in [7, 11) is 0. The smallest absolute Gasteiger partial charge is 0.225 e. The van der Waals surface area contributed by atoms with E-state index in [-0.39, 0.29) is 18.1 Å². The van der Waals surface area contributed by atoms with Crippen LogP contribution in [0, 0.1) is 12.7 Å². The minimum Gasteiger partial charge on any atom is -0.469 e. The maximum Gasteiger partial charge on any atom is 0.225 e. The molecular weight excluding hydrogens is 345 g/mol. The summed E-state index contributed by atoms with van der Waals surface area (Å²) in [5.74, 6) is 7.18. The monoisotopic (exact) mass is 361 g/mol. The molecule has 0 radical (unpaired) electrons. The number of nitrogen functional groups attached to an aromatic ring is 1. The predicted molar refractivity (Wildman–Crippen MR) is 93.0 cm³/mol. The van der Waals surface area contributed by atoms with E-state index in [1.54, 1.807) is 12.3 Å². The van der Waals surface area contributed by atoms with Crippen molar-refractivity contribution in [2.45, 2.75) is 18.5 Å². The summed E-state index contributed by atoms with van der Waals surface area (Å²) in [6.45, 7) is 1.82. The average Bonchev–Trinajstić information content (AvgIpc) is 3.16. The van der Waals surface area contributed by atoms with E-state index in [2.05, 4.69) is 15.5 Å². The molecule has 25 heavy (non-hydrogen) atoms. The Balaban J connectivity index is 1.54. The molecule has 0 saturated carbocycles. The van der Waals surface area contributed by atoms with Gasteiger partial charge in [-0.25, -0.2) is 9.07 Å². The van der Waals surface area contributed by atoms with Crippen LogP contribution in [0.3, 0.4) is 0 Å². The summed E-state index contributed by atoms with van der Waals surface area (Å²) in [4.78, 5) is 11.9. The van der Waals surface area contributed by atoms with Crippen LogP contribution in [-0.4, -0.2) is 26.5 Å². The summed E-state index contributed by atoms with van der Waals surface area (Å²) in [6.07, 6.45) is 1.82. The number of nitrogens with zero attached hydrogens (tertiary/aromatic N) is 3. The highest BCUT2D eigenvalue weighted by atomic mass is 32.2. The third-order valence-corrected chi connectivity index (χ3v) is 4.40. The SMILES string of the molecule is Cc1occc1-c1nnc(SCCC(=O)Nc2ccc(F)cc2)n1N. The van der Waals surface area contributed by atoms with Crippen LogP contribution in [-0.2, 0) is 4.79 Å². The highest BCUT2D eigenvalue weighted by Gasteiger charge is 2.16. The molecule has 0 spiro atoms. The van der Waals surface area contributed by atoms with E-state index < -0.39 is 0 Å². The average molecular weight is 361 g/mol. The lowest BCUT2D eigenvalue weighted by atomic mass is 10.2. The lowest BCUT2D eigenvalue weighted by Crippen LogP contribution is -2.14. The Bertz CT molecular complexity index is 875. The molecule has 0 atom stereocenters. The fourth-order valence-corrected chi connectivity index (χ4v) is 2.96. The molecule has 0 saturated heterocycles. The first-order valence-corrected chi connectivity index (χ1v) is 8.46. The molecule has 1 aromatic carbocycles. The first-order chi connectivity index (χ1) is 12.0. The number of hydrogen-bond donors (Lipinski definition) is 2. The van der Waals surface area contributed by atoms with Crippen molar-refractivity contribution in [2.75, 3.05) is 16.9 Å². The number of hydrogen-bond acceptors (Lipinski definition) is 6. The van der Waals surface area contributed by atoms with Crippen molar-refractivity contribution in [1.82, 2.24) is 14.9 Å². The van der Waals surface area contributed by atoms with Gasteiger partial charge in [0.2, 0.25) is 11.1 Å². The number of thioether (sulfide) groups is 1. The van der Waals surface area contributed by atoms with Crippen LogP contribution in [0.25, 0.3) is 11.4 Å². The van der Waals surface area contributed by atoms with Gasteiger partial charge in [-0.05, 0) is 37.3 Å². The van der Waals surface area contributed by atoms with E-state index >= 15 is 0 Å². The van der Waals surface area contributed by atoms with Crippen molar-refractivity contribution in [2.24, 2.45) is 0 Å². The Labute approximate surface area is 147 Å². The van der Waals surface area contributed by atoms with E-state index in [1.807, 2.05) is 6.92 Å². The molecule has 0 bridgehead atoms. The molecule has 3 N–H and O–H groups in total. The van der Waals surface area contributed by atoms with Crippen molar-refractivity contribution in [3.63, 3.8) is 0 Å². The molecule has 2 aromatic heterocycles. The molecule has 3 rings (SSSR count). The van der Waals surface area contributed by atoms with E-state index in [9.17, 15) is 9.18 Å². The van der Waals surface area contributed by atoms with E-state index in [0.29, 0.717) is 28.2 Å². The third-order valence-electron chi connectivity index (χ3n) is 3.45. The van der Waals surface area contributed by atoms with Gasteiger partial charge < -0.3 is 15.6 Å². The quantitative estimate of drug-likeness (QED) is 0.517. The van der Waals surface area contributed by atoms with Crippen molar-refractivity contribution in [3.8, 4) is 11.4 Å². The van der Waals surface area contributed by atoms with Gasteiger partial charge in [0.15, 0.2) is 5.82 Å². The van der Waals surface area contributed by atoms with Gasteiger partial charge in [0.25, 0.3) is 0 Å². The first kappa shape index (κ1) is 17.0. The molecule has 2 heterocycles. The first-order valence-electron chi connectivity index (χ1n) is 7.48. The summed E-state index contributed by atoms with van der Waals surface area (Å²) < 4.78 is 19.4. The Morgan fingerprint density at radius 2 is 2.08 bits per heavy atom. The topological polar surface area (TPSA) is 99.0 Å². The number of halogens is 1. The van der Waals surface area contributed by atoms with Gasteiger partial charge in [0.1, 0.15) is 11.6 Å². The molecule has 9 heteroatoms. The number of carbonyl (C=O) groups is 1. The molecule has 7 nitrogen and oxygen atoms in total. The van der Waals surface area contributed by atoms with Crippen molar-refractivity contribution < 1.29 is 13.6 Å². The molecule has 0 aliphatic rings. The fourth-order valence-electron chi connectivity index (χ4n) is 2.17. The third kappa shape index (κ3) is 4.00. The Hall–Kier alpha value is -2.81. The number of aryl methyl sites for hydroxylation is 1. The Kier molecular flexibility index (Phi) is 5.03. The fraction of sp³-hybridized carbons (Fsp3) is 0.188. The van der Waals surface area contributed by atoms with Gasteiger partial charge in [-0.1, -0.05) is 11.8 Å². The zero-order valence-electron chi connectivity index (χ0n) is 13.4. The maximum absolute atomic E-state index is 12.8. The second-order valence-corrected chi connectivity index (χ2v) is 6.28. The lowest BCUT2D eigenvalue weighted by molar-refractivity contribution is -0.115. The van der Waals surface area contributed by atoms with Crippen LogP contribution in [0.5, 0.6) is 0 Å². The van der Waals surface area contributed by atoms with Gasteiger partial charge in [-0.15, -0.1) is 10.2 Å². The van der Waals surface area contributed by atoms with Gasteiger partial charge >= 0.3 is 0 Å². The summed E-state index contributed by atoms with van der Waals surface area (Å²) in [6, 6.07) is 7.38. The maximum atomic E-state index is 12.8. The molecule has 3 aromatic rings. The molecule has 0 aliphatic heterocycles. The minimum atomic E-state index is -0.348. The Morgan fingerprint density at radius 3 is 2.76 bits per heavy atom.